The smallest absolute Gasteiger partial charge is 0.264 e. The minimum atomic E-state index is -4.16. The fourth-order valence-corrected chi connectivity index (χ4v) is 6.13. The van der Waals surface area contributed by atoms with Crippen molar-refractivity contribution in [1.82, 2.24) is 10.2 Å². The zero-order chi connectivity index (χ0) is 29.4. The minimum Gasteiger partial charge on any atom is -0.354 e. The van der Waals surface area contributed by atoms with Crippen molar-refractivity contribution in [1.29, 1.82) is 0 Å². The molecule has 0 bridgehead atoms. The highest BCUT2D eigenvalue weighted by Crippen LogP contribution is 2.30. The molecule has 1 atom stereocenters. The van der Waals surface area contributed by atoms with Gasteiger partial charge in [-0.2, -0.15) is 0 Å². The van der Waals surface area contributed by atoms with Gasteiger partial charge in [0.15, 0.2) is 0 Å². The Kier molecular flexibility index (Phi) is 10.8. The van der Waals surface area contributed by atoms with Crippen LogP contribution in [0.25, 0.3) is 0 Å². The summed E-state index contributed by atoms with van der Waals surface area (Å²) < 4.78 is 29.1. The molecule has 0 aliphatic heterocycles. The number of carbonyl (C=O) groups is 2. The molecule has 2 amide bonds. The van der Waals surface area contributed by atoms with Gasteiger partial charge in [0.25, 0.3) is 10.0 Å². The predicted molar refractivity (Wildman–Crippen MR) is 161 cm³/mol. The van der Waals surface area contributed by atoms with Gasteiger partial charge in [-0.05, 0) is 69.0 Å². The predicted octanol–water partition coefficient (Wildman–Crippen LogP) is 5.79. The highest BCUT2D eigenvalue weighted by Gasteiger charge is 2.34. The average Bonchev–Trinajstić information content (AvgIpc) is 2.92. The molecule has 0 fully saturated rings. The number of hydrogen-bond donors (Lipinski definition) is 1. The standard InChI is InChI=1S/C31H38ClN3O4S/c1-6-17-33-31(37)28(7-2)34(20-25-10-8-9-23(4)18-25)30(36)21-35(29-19-26(32)14-13-24(29)5)40(38,39)27-15-11-22(3)12-16-27/h8-16,18-19,28H,6-7,17,20-21H2,1-5H3,(H,33,37)/t28-/m1/s1. The Morgan fingerprint density at radius 1 is 0.925 bits per heavy atom. The Morgan fingerprint density at radius 2 is 1.62 bits per heavy atom. The normalized spacial score (nSPS) is 12.1. The molecule has 214 valence electrons. The van der Waals surface area contributed by atoms with Crippen molar-refractivity contribution in [2.45, 2.75) is 64.9 Å². The Labute approximate surface area is 243 Å². The van der Waals surface area contributed by atoms with Crippen molar-refractivity contribution in [3.8, 4) is 0 Å². The van der Waals surface area contributed by atoms with Crippen LogP contribution in [-0.2, 0) is 26.2 Å². The Balaban J connectivity index is 2.10. The maximum atomic E-state index is 14.1. The van der Waals surface area contributed by atoms with E-state index >= 15 is 0 Å². The van der Waals surface area contributed by atoms with Gasteiger partial charge >= 0.3 is 0 Å². The van der Waals surface area contributed by atoms with Gasteiger partial charge in [0.1, 0.15) is 12.6 Å². The van der Waals surface area contributed by atoms with Crippen molar-refractivity contribution in [2.24, 2.45) is 0 Å². The van der Waals surface area contributed by atoms with Crippen LogP contribution in [0.5, 0.6) is 0 Å². The van der Waals surface area contributed by atoms with Crippen LogP contribution in [0.2, 0.25) is 5.02 Å². The summed E-state index contributed by atoms with van der Waals surface area (Å²) in [7, 11) is -4.16. The van der Waals surface area contributed by atoms with E-state index in [1.54, 1.807) is 37.3 Å². The summed E-state index contributed by atoms with van der Waals surface area (Å²) in [6, 6.07) is 18.4. The van der Waals surface area contributed by atoms with Crippen LogP contribution in [0, 0.1) is 20.8 Å². The van der Waals surface area contributed by atoms with Crippen molar-refractivity contribution < 1.29 is 18.0 Å². The molecule has 7 nitrogen and oxygen atoms in total. The third-order valence-electron chi connectivity index (χ3n) is 6.70. The van der Waals surface area contributed by atoms with Crippen LogP contribution in [0.1, 0.15) is 48.9 Å². The monoisotopic (exact) mass is 583 g/mol. The second-order valence-corrected chi connectivity index (χ2v) is 12.3. The third kappa shape index (κ3) is 7.64. The van der Waals surface area contributed by atoms with E-state index in [9.17, 15) is 18.0 Å². The number of nitrogens with zero attached hydrogens (tertiary/aromatic N) is 2. The lowest BCUT2D eigenvalue weighted by Gasteiger charge is -2.33. The molecule has 3 aromatic carbocycles. The first-order valence-corrected chi connectivity index (χ1v) is 15.3. The third-order valence-corrected chi connectivity index (χ3v) is 8.71. The summed E-state index contributed by atoms with van der Waals surface area (Å²) in [5.41, 5.74) is 3.73. The fraction of sp³-hybridized carbons (Fsp3) is 0.355. The van der Waals surface area contributed by atoms with Gasteiger partial charge in [0.05, 0.1) is 10.6 Å². The largest absolute Gasteiger partial charge is 0.354 e. The number of sulfonamides is 1. The second-order valence-electron chi connectivity index (χ2n) is 9.98. The van der Waals surface area contributed by atoms with E-state index in [-0.39, 0.29) is 17.3 Å². The minimum absolute atomic E-state index is 0.0586. The SMILES string of the molecule is CCCNC(=O)[C@@H](CC)N(Cc1cccc(C)c1)C(=O)CN(c1cc(Cl)ccc1C)S(=O)(=O)c1ccc(C)cc1. The van der Waals surface area contributed by atoms with Crippen molar-refractivity contribution in [3.05, 3.63) is 94.0 Å². The van der Waals surface area contributed by atoms with Crippen molar-refractivity contribution in [2.75, 3.05) is 17.4 Å². The molecule has 9 heteroatoms. The van der Waals surface area contributed by atoms with Crippen molar-refractivity contribution >= 4 is 39.1 Å². The number of nitrogens with one attached hydrogen (secondary N) is 1. The van der Waals surface area contributed by atoms with Gasteiger partial charge in [-0.3, -0.25) is 13.9 Å². The van der Waals surface area contributed by atoms with Crippen LogP contribution in [0.15, 0.2) is 71.6 Å². The molecule has 0 radical (unpaired) electrons. The zero-order valence-electron chi connectivity index (χ0n) is 23.8. The average molecular weight is 584 g/mol. The molecule has 0 saturated carbocycles. The zero-order valence-corrected chi connectivity index (χ0v) is 25.3. The van der Waals surface area contributed by atoms with Gasteiger partial charge in [-0.25, -0.2) is 8.42 Å². The lowest BCUT2D eigenvalue weighted by Crippen LogP contribution is -2.52. The number of carbonyl (C=O) groups excluding carboxylic acids is 2. The molecule has 0 aliphatic carbocycles. The lowest BCUT2D eigenvalue weighted by atomic mass is 10.1. The number of amides is 2. The molecule has 0 saturated heterocycles. The van der Waals surface area contributed by atoms with Gasteiger partial charge in [0.2, 0.25) is 11.8 Å². The summed E-state index contributed by atoms with van der Waals surface area (Å²) in [5, 5.41) is 3.24. The number of hydrogen-bond acceptors (Lipinski definition) is 4. The molecule has 40 heavy (non-hydrogen) atoms. The summed E-state index contributed by atoms with van der Waals surface area (Å²) >= 11 is 6.29. The maximum Gasteiger partial charge on any atom is 0.264 e. The maximum absolute atomic E-state index is 14.1. The first kappa shape index (κ1) is 31.2. The number of rotatable bonds is 12. The van der Waals surface area contributed by atoms with Crippen LogP contribution in [-0.4, -0.2) is 44.3 Å². The molecular formula is C31H38ClN3O4S. The van der Waals surface area contributed by atoms with E-state index in [1.165, 1.54) is 17.0 Å². The van der Waals surface area contributed by atoms with Crippen LogP contribution < -0.4 is 9.62 Å². The quantitative estimate of drug-likeness (QED) is 0.292. The summed E-state index contributed by atoms with van der Waals surface area (Å²) in [4.78, 5) is 28.9. The highest BCUT2D eigenvalue weighted by atomic mass is 35.5. The van der Waals surface area contributed by atoms with Gasteiger partial charge in [0, 0.05) is 18.1 Å². The molecule has 3 rings (SSSR count). The van der Waals surface area contributed by atoms with Crippen LogP contribution in [0.4, 0.5) is 5.69 Å². The first-order chi connectivity index (χ1) is 19.0. The topological polar surface area (TPSA) is 86.8 Å². The number of anilines is 1. The van der Waals surface area contributed by atoms with E-state index in [2.05, 4.69) is 5.32 Å². The fourth-order valence-electron chi connectivity index (χ4n) is 4.49. The molecule has 0 spiro atoms. The molecule has 0 aliphatic rings. The van der Waals surface area contributed by atoms with Crippen LogP contribution >= 0.6 is 11.6 Å². The molecule has 0 heterocycles. The highest BCUT2D eigenvalue weighted by molar-refractivity contribution is 7.92. The van der Waals surface area contributed by atoms with E-state index in [4.69, 9.17) is 11.6 Å². The molecule has 3 aromatic rings. The van der Waals surface area contributed by atoms with E-state index < -0.39 is 28.5 Å². The number of aryl methyl sites for hydroxylation is 3. The summed E-state index contributed by atoms with van der Waals surface area (Å²) in [6.07, 6.45) is 1.12. The van der Waals surface area contributed by atoms with Gasteiger partial charge < -0.3 is 10.2 Å². The van der Waals surface area contributed by atoms with Crippen molar-refractivity contribution in [3.63, 3.8) is 0 Å². The van der Waals surface area contributed by atoms with E-state index in [1.807, 2.05) is 52.0 Å². The number of benzene rings is 3. The Hall–Kier alpha value is -3.36. The summed E-state index contributed by atoms with van der Waals surface area (Å²) in [6.45, 7) is 9.54. The summed E-state index contributed by atoms with van der Waals surface area (Å²) in [5.74, 6) is -0.757. The Morgan fingerprint density at radius 3 is 2.25 bits per heavy atom. The molecule has 1 N–H and O–H groups in total. The lowest BCUT2D eigenvalue weighted by molar-refractivity contribution is -0.140. The van der Waals surface area contributed by atoms with Gasteiger partial charge in [-0.1, -0.05) is 79.0 Å². The van der Waals surface area contributed by atoms with E-state index in [0.29, 0.717) is 29.2 Å². The Bertz CT molecular complexity index is 1440. The molecular weight excluding hydrogens is 546 g/mol. The van der Waals surface area contributed by atoms with Crippen LogP contribution in [0.3, 0.4) is 0 Å². The van der Waals surface area contributed by atoms with Gasteiger partial charge in [-0.15, -0.1) is 0 Å². The second kappa shape index (κ2) is 13.8. The molecule has 0 aromatic heterocycles. The molecule has 0 unspecified atom stereocenters. The first-order valence-electron chi connectivity index (χ1n) is 13.5. The number of halogens is 1. The van der Waals surface area contributed by atoms with E-state index in [0.717, 1.165) is 27.4 Å².